The molecule has 6 heteroatoms. The third kappa shape index (κ3) is 2.49. The molecule has 162 valence electrons. The molecule has 3 aliphatic rings. The molecule has 1 aliphatic heterocycles. The Morgan fingerprint density at radius 2 is 1.83 bits per heavy atom. The molecule has 2 bridgehead atoms. The van der Waals surface area contributed by atoms with Crippen LogP contribution in [0.1, 0.15) is 81.2 Å². The predicted octanol–water partition coefficient (Wildman–Crippen LogP) is 3.24. The van der Waals surface area contributed by atoms with E-state index in [4.69, 9.17) is 9.47 Å². The van der Waals surface area contributed by atoms with Gasteiger partial charge in [-0.1, -0.05) is 34.1 Å². The second kappa shape index (κ2) is 6.64. The van der Waals surface area contributed by atoms with E-state index in [-0.39, 0.29) is 40.1 Å². The number of ether oxygens (including phenoxy) is 2. The molecule has 4 atom stereocenters. The van der Waals surface area contributed by atoms with Crippen LogP contribution in [0.5, 0.6) is 5.75 Å². The van der Waals surface area contributed by atoms with Crippen LogP contribution in [0.3, 0.4) is 0 Å². The van der Waals surface area contributed by atoms with E-state index in [0.717, 1.165) is 12.8 Å². The van der Waals surface area contributed by atoms with Gasteiger partial charge in [0.15, 0.2) is 0 Å². The Hall–Kier alpha value is -2.21. The minimum absolute atomic E-state index is 0.0597. The molecule has 1 saturated heterocycles. The van der Waals surface area contributed by atoms with E-state index in [2.05, 4.69) is 13.8 Å². The van der Waals surface area contributed by atoms with Crippen LogP contribution < -0.4 is 10.9 Å². The summed E-state index contributed by atoms with van der Waals surface area (Å²) in [5, 5.41) is 11.5. The molecule has 1 aromatic carbocycles. The largest absolute Gasteiger partial charge is 0.507 e. The fourth-order valence-electron chi connectivity index (χ4n) is 6.39. The molecule has 4 unspecified atom stereocenters. The van der Waals surface area contributed by atoms with Crippen molar-refractivity contribution in [3.63, 3.8) is 0 Å². The zero-order valence-corrected chi connectivity index (χ0v) is 18.5. The number of rotatable bonds is 2. The number of hydrogen-bond donors (Lipinski definition) is 1. The van der Waals surface area contributed by atoms with Crippen LogP contribution in [0.15, 0.2) is 15.7 Å². The SMILES string of the molecule is COC1c2cc(C)c(=O)c(=O)c(C(C)C)c(O)c2C23CCCC(C)(C)C2C1OC3=O. The summed E-state index contributed by atoms with van der Waals surface area (Å²) in [6, 6.07) is 1.62. The van der Waals surface area contributed by atoms with Crippen LogP contribution in [0.4, 0.5) is 0 Å². The van der Waals surface area contributed by atoms with Gasteiger partial charge in [0, 0.05) is 29.7 Å². The number of hydrogen-bond acceptors (Lipinski definition) is 6. The van der Waals surface area contributed by atoms with E-state index in [1.54, 1.807) is 33.9 Å². The van der Waals surface area contributed by atoms with E-state index in [0.29, 0.717) is 17.5 Å². The maximum Gasteiger partial charge on any atom is 0.317 e. The standard InChI is InChI=1S/C24H30O6/c1-11(2)14-17(26)15-13(10-12(3)16(25)18(14)27)19(29-6)20-21-23(4,5)8-7-9-24(15,21)22(28)30-20/h10-11,19-21,26H,7-9H2,1-6H3. The zero-order valence-electron chi connectivity index (χ0n) is 18.5. The van der Waals surface area contributed by atoms with Gasteiger partial charge in [-0.25, -0.2) is 0 Å². The number of carbonyl (C=O) groups excluding carboxylic acids is 1. The molecule has 1 N–H and O–H groups in total. The molecule has 30 heavy (non-hydrogen) atoms. The first-order chi connectivity index (χ1) is 14.0. The fourth-order valence-corrected chi connectivity index (χ4v) is 6.39. The Balaban J connectivity index is 2.25. The van der Waals surface area contributed by atoms with Gasteiger partial charge >= 0.3 is 5.97 Å². The summed E-state index contributed by atoms with van der Waals surface area (Å²) < 4.78 is 11.7. The Bertz CT molecular complexity index is 1060. The molecule has 1 aromatic rings. The first-order valence-electron chi connectivity index (χ1n) is 10.7. The Kier molecular flexibility index (Phi) is 4.66. The number of esters is 1. The molecular formula is C24H30O6. The van der Waals surface area contributed by atoms with Crippen molar-refractivity contribution in [2.45, 2.75) is 77.4 Å². The molecule has 2 fully saturated rings. The van der Waals surface area contributed by atoms with Crippen LogP contribution in [-0.2, 0) is 19.7 Å². The van der Waals surface area contributed by atoms with E-state index in [9.17, 15) is 19.5 Å². The number of aryl methyl sites for hydroxylation is 1. The highest BCUT2D eigenvalue weighted by molar-refractivity contribution is 5.89. The first-order valence-corrected chi connectivity index (χ1v) is 10.7. The molecule has 0 amide bonds. The molecule has 6 nitrogen and oxygen atoms in total. The zero-order chi connectivity index (χ0) is 22.2. The summed E-state index contributed by atoms with van der Waals surface area (Å²) in [7, 11) is 1.54. The van der Waals surface area contributed by atoms with Gasteiger partial charge in [-0.15, -0.1) is 0 Å². The topological polar surface area (TPSA) is 89.9 Å². The number of carbonyl (C=O) groups is 1. The van der Waals surface area contributed by atoms with Gasteiger partial charge in [-0.3, -0.25) is 14.4 Å². The summed E-state index contributed by atoms with van der Waals surface area (Å²) in [4.78, 5) is 39.2. The lowest BCUT2D eigenvalue weighted by Gasteiger charge is -2.51. The second-order valence-corrected chi connectivity index (χ2v) is 10.1. The number of aromatic hydroxyl groups is 1. The van der Waals surface area contributed by atoms with Crippen molar-refractivity contribution < 1.29 is 19.4 Å². The average Bonchev–Trinajstić information content (AvgIpc) is 2.90. The highest BCUT2D eigenvalue weighted by Gasteiger charge is 2.70. The molecule has 0 aromatic heterocycles. The lowest BCUT2D eigenvalue weighted by atomic mass is 9.49. The molecule has 4 rings (SSSR count). The van der Waals surface area contributed by atoms with Crippen LogP contribution in [0, 0.1) is 18.3 Å². The molecule has 0 spiro atoms. The van der Waals surface area contributed by atoms with E-state index in [1.165, 1.54) is 0 Å². The van der Waals surface area contributed by atoms with Crippen molar-refractivity contribution in [3.05, 3.63) is 48.8 Å². The van der Waals surface area contributed by atoms with Crippen molar-refractivity contribution in [2.24, 2.45) is 11.3 Å². The normalized spacial score (nSPS) is 31.2. The maximum absolute atomic E-state index is 13.4. The highest BCUT2D eigenvalue weighted by atomic mass is 16.6. The summed E-state index contributed by atoms with van der Waals surface area (Å²) in [5.74, 6) is -1.19. The molecule has 1 saturated carbocycles. The van der Waals surface area contributed by atoms with Gasteiger partial charge in [-0.05, 0) is 42.7 Å². The van der Waals surface area contributed by atoms with Gasteiger partial charge in [0.1, 0.15) is 23.4 Å². The van der Waals surface area contributed by atoms with E-state index in [1.807, 2.05) is 0 Å². The Morgan fingerprint density at radius 3 is 2.43 bits per heavy atom. The second-order valence-electron chi connectivity index (χ2n) is 10.1. The van der Waals surface area contributed by atoms with Crippen molar-refractivity contribution in [2.75, 3.05) is 7.11 Å². The summed E-state index contributed by atoms with van der Waals surface area (Å²) in [6.07, 6.45) is 1.16. The lowest BCUT2D eigenvalue weighted by Crippen LogP contribution is -2.54. The van der Waals surface area contributed by atoms with Crippen LogP contribution in [0.25, 0.3) is 0 Å². The number of methoxy groups -OCH3 is 1. The highest BCUT2D eigenvalue weighted by Crippen LogP contribution is 2.65. The third-order valence-corrected chi connectivity index (χ3v) is 7.54. The summed E-state index contributed by atoms with van der Waals surface area (Å²) in [5.41, 5.74) is -1.28. The van der Waals surface area contributed by atoms with Crippen molar-refractivity contribution >= 4 is 5.97 Å². The number of fused-ring (bicyclic) bond motifs is 1. The Labute approximate surface area is 176 Å². The van der Waals surface area contributed by atoms with Gasteiger partial charge in [0.05, 0.1) is 0 Å². The average molecular weight is 414 g/mol. The monoisotopic (exact) mass is 414 g/mol. The minimum Gasteiger partial charge on any atom is -0.507 e. The van der Waals surface area contributed by atoms with Crippen LogP contribution in [0.2, 0.25) is 0 Å². The molecule has 1 heterocycles. The first kappa shape index (κ1) is 21.0. The lowest BCUT2D eigenvalue weighted by molar-refractivity contribution is -0.149. The molecule has 2 aliphatic carbocycles. The quantitative estimate of drug-likeness (QED) is 0.590. The molecule has 0 radical (unpaired) electrons. The van der Waals surface area contributed by atoms with Crippen LogP contribution >= 0.6 is 0 Å². The van der Waals surface area contributed by atoms with Crippen molar-refractivity contribution in [3.8, 4) is 5.75 Å². The van der Waals surface area contributed by atoms with Gasteiger partial charge < -0.3 is 14.6 Å². The van der Waals surface area contributed by atoms with E-state index >= 15 is 0 Å². The van der Waals surface area contributed by atoms with Gasteiger partial charge in [-0.2, -0.15) is 0 Å². The third-order valence-electron chi connectivity index (χ3n) is 7.54. The van der Waals surface area contributed by atoms with Crippen molar-refractivity contribution in [1.29, 1.82) is 0 Å². The molecular weight excluding hydrogens is 384 g/mol. The Morgan fingerprint density at radius 1 is 1.17 bits per heavy atom. The summed E-state index contributed by atoms with van der Waals surface area (Å²) >= 11 is 0. The van der Waals surface area contributed by atoms with Gasteiger partial charge in [0.2, 0.25) is 10.9 Å². The van der Waals surface area contributed by atoms with E-state index < -0.39 is 28.5 Å². The van der Waals surface area contributed by atoms with Crippen LogP contribution in [-0.4, -0.2) is 24.3 Å². The predicted molar refractivity (Wildman–Crippen MR) is 112 cm³/mol. The smallest absolute Gasteiger partial charge is 0.317 e. The van der Waals surface area contributed by atoms with Gasteiger partial charge in [0.25, 0.3) is 0 Å². The van der Waals surface area contributed by atoms with Crippen molar-refractivity contribution in [1.82, 2.24) is 0 Å². The fraction of sp³-hybridized carbons (Fsp3) is 0.625. The summed E-state index contributed by atoms with van der Waals surface area (Å²) in [6.45, 7) is 9.38. The minimum atomic E-state index is -1.04. The maximum atomic E-state index is 13.4.